The molecule has 1 rings (SSSR count). The van der Waals surface area contributed by atoms with Gasteiger partial charge in [-0.25, -0.2) is 9.59 Å². The normalized spacial score (nSPS) is 11.3. The summed E-state index contributed by atoms with van der Waals surface area (Å²) in [7, 11) is 1.15. The van der Waals surface area contributed by atoms with Gasteiger partial charge in [-0.3, -0.25) is 4.79 Å². The Hall–Kier alpha value is -2.57. The van der Waals surface area contributed by atoms with Crippen molar-refractivity contribution >= 4 is 23.7 Å². The summed E-state index contributed by atoms with van der Waals surface area (Å²) in [6.07, 6.45) is -0.437. The molecule has 7 heteroatoms. The molecular formula is C13H16N2O5. The largest absolute Gasteiger partial charge is 0.480 e. The smallest absolute Gasteiger partial charge is 0.326 e. The Kier molecular flexibility index (Phi) is 5.52. The van der Waals surface area contributed by atoms with Gasteiger partial charge in [0.1, 0.15) is 6.04 Å². The van der Waals surface area contributed by atoms with E-state index < -0.39 is 30.4 Å². The van der Waals surface area contributed by atoms with Crippen LogP contribution in [-0.4, -0.2) is 36.2 Å². The lowest BCUT2D eigenvalue weighted by Crippen LogP contribution is -2.44. The van der Waals surface area contributed by atoms with Crippen LogP contribution in [0.2, 0.25) is 0 Å². The fourth-order valence-corrected chi connectivity index (χ4v) is 1.48. The van der Waals surface area contributed by atoms with Crippen molar-refractivity contribution in [2.45, 2.75) is 19.4 Å². The second kappa shape index (κ2) is 7.13. The van der Waals surface area contributed by atoms with Crippen molar-refractivity contribution in [2.75, 3.05) is 12.4 Å². The molecule has 0 saturated heterocycles. The van der Waals surface area contributed by atoms with Gasteiger partial charge in [0.15, 0.2) is 0 Å². The third-order valence-electron chi connectivity index (χ3n) is 2.60. The third kappa shape index (κ3) is 4.60. The van der Waals surface area contributed by atoms with Gasteiger partial charge in [0.25, 0.3) is 0 Å². The predicted molar refractivity (Wildman–Crippen MR) is 71.4 cm³/mol. The first kappa shape index (κ1) is 15.5. The molecule has 0 spiro atoms. The van der Waals surface area contributed by atoms with Crippen LogP contribution < -0.4 is 10.6 Å². The topological polar surface area (TPSA) is 105 Å². The average molecular weight is 280 g/mol. The predicted octanol–water partition coefficient (Wildman–Crippen LogP) is 1.13. The molecule has 1 atom stereocenters. The highest BCUT2D eigenvalue weighted by molar-refractivity contribution is 5.94. The van der Waals surface area contributed by atoms with E-state index in [4.69, 9.17) is 5.11 Å². The molecule has 0 fully saturated rings. The maximum atomic E-state index is 11.7. The molecule has 0 saturated carbocycles. The van der Waals surface area contributed by atoms with Crippen molar-refractivity contribution in [3.8, 4) is 0 Å². The van der Waals surface area contributed by atoms with Crippen molar-refractivity contribution in [3.05, 3.63) is 29.8 Å². The van der Waals surface area contributed by atoms with Crippen LogP contribution in [0.1, 0.15) is 12.0 Å². The average Bonchev–Trinajstić information content (AvgIpc) is 2.40. The summed E-state index contributed by atoms with van der Waals surface area (Å²) in [5.74, 6) is -2.02. The summed E-state index contributed by atoms with van der Waals surface area (Å²) >= 11 is 0. The number of anilines is 1. The summed E-state index contributed by atoms with van der Waals surface area (Å²) in [6, 6.07) is 5.01. The summed E-state index contributed by atoms with van der Waals surface area (Å²) in [5, 5.41) is 13.7. The van der Waals surface area contributed by atoms with Gasteiger partial charge in [-0.15, -0.1) is 0 Å². The minimum absolute atomic E-state index is 0.437. The molecule has 1 aromatic rings. The lowest BCUT2D eigenvalue weighted by Gasteiger charge is -2.14. The number of aliphatic carboxylic acids is 1. The number of aryl methyl sites for hydroxylation is 1. The number of amides is 2. The highest BCUT2D eigenvalue weighted by Gasteiger charge is 2.23. The molecule has 2 amide bonds. The fraction of sp³-hybridized carbons (Fsp3) is 0.308. The number of carbonyl (C=O) groups excluding carboxylic acids is 2. The second-order valence-corrected chi connectivity index (χ2v) is 4.08. The van der Waals surface area contributed by atoms with Crippen LogP contribution in [0, 0.1) is 6.92 Å². The lowest BCUT2D eigenvalue weighted by atomic mass is 10.2. The van der Waals surface area contributed by atoms with Crippen LogP contribution in [0.4, 0.5) is 10.5 Å². The molecule has 0 heterocycles. The number of para-hydroxylation sites is 1. The summed E-state index contributed by atoms with van der Waals surface area (Å²) < 4.78 is 4.38. The molecule has 20 heavy (non-hydrogen) atoms. The van der Waals surface area contributed by atoms with Gasteiger partial charge in [0.2, 0.25) is 0 Å². The fourth-order valence-electron chi connectivity index (χ4n) is 1.48. The van der Waals surface area contributed by atoms with Gasteiger partial charge in [-0.05, 0) is 18.6 Å². The summed E-state index contributed by atoms with van der Waals surface area (Å²) in [5.41, 5.74) is 1.40. The Balaban J connectivity index is 2.65. The standard InChI is InChI=1S/C13H16N2O5/c1-8-5-3-4-6-9(8)14-13(19)15-10(12(17)18)7-11(16)20-2/h3-6,10H,7H2,1-2H3,(H,17,18)(H2,14,15,19)/t10-/m0/s1. The van der Waals surface area contributed by atoms with Crippen molar-refractivity contribution in [1.82, 2.24) is 5.32 Å². The van der Waals surface area contributed by atoms with Gasteiger partial charge >= 0.3 is 18.0 Å². The first-order chi connectivity index (χ1) is 9.43. The SMILES string of the molecule is COC(=O)C[C@H](NC(=O)Nc1ccccc1C)C(=O)O. The van der Waals surface area contributed by atoms with Crippen LogP contribution in [0.5, 0.6) is 0 Å². The quantitative estimate of drug-likeness (QED) is 0.701. The number of carbonyl (C=O) groups is 3. The van der Waals surface area contributed by atoms with Gasteiger partial charge in [0, 0.05) is 5.69 Å². The van der Waals surface area contributed by atoms with Crippen molar-refractivity contribution in [1.29, 1.82) is 0 Å². The Bertz CT molecular complexity index is 515. The Morgan fingerprint density at radius 1 is 1.30 bits per heavy atom. The number of esters is 1. The molecule has 3 N–H and O–H groups in total. The number of hydrogen-bond acceptors (Lipinski definition) is 4. The van der Waals surface area contributed by atoms with E-state index in [2.05, 4.69) is 15.4 Å². The maximum Gasteiger partial charge on any atom is 0.326 e. The molecule has 0 aliphatic carbocycles. The van der Waals surface area contributed by atoms with E-state index in [1.807, 2.05) is 6.07 Å². The Labute approximate surface area is 115 Å². The number of benzene rings is 1. The van der Waals surface area contributed by atoms with Crippen molar-refractivity contribution in [3.63, 3.8) is 0 Å². The van der Waals surface area contributed by atoms with Crippen LogP contribution in [-0.2, 0) is 14.3 Å². The van der Waals surface area contributed by atoms with Gasteiger partial charge in [-0.2, -0.15) is 0 Å². The van der Waals surface area contributed by atoms with E-state index in [0.29, 0.717) is 5.69 Å². The molecule has 0 unspecified atom stereocenters. The van der Waals surface area contributed by atoms with Crippen molar-refractivity contribution < 1.29 is 24.2 Å². The zero-order valence-electron chi connectivity index (χ0n) is 11.2. The number of ether oxygens (including phenoxy) is 1. The third-order valence-corrected chi connectivity index (χ3v) is 2.60. The molecule has 0 aliphatic rings. The number of methoxy groups -OCH3 is 1. The Morgan fingerprint density at radius 3 is 2.50 bits per heavy atom. The highest BCUT2D eigenvalue weighted by atomic mass is 16.5. The summed E-state index contributed by atoms with van der Waals surface area (Å²) in [4.78, 5) is 33.7. The van der Waals surface area contributed by atoms with Crippen LogP contribution >= 0.6 is 0 Å². The molecule has 0 bridgehead atoms. The number of rotatable bonds is 5. The van der Waals surface area contributed by atoms with E-state index in [-0.39, 0.29) is 0 Å². The number of nitrogens with one attached hydrogen (secondary N) is 2. The van der Waals surface area contributed by atoms with E-state index in [1.165, 1.54) is 0 Å². The zero-order valence-corrected chi connectivity index (χ0v) is 11.2. The van der Waals surface area contributed by atoms with E-state index >= 15 is 0 Å². The van der Waals surface area contributed by atoms with Gasteiger partial charge in [-0.1, -0.05) is 18.2 Å². The molecule has 0 radical (unpaired) electrons. The number of carboxylic acids is 1. The first-order valence-corrected chi connectivity index (χ1v) is 5.86. The lowest BCUT2D eigenvalue weighted by molar-refractivity contribution is -0.147. The molecular weight excluding hydrogens is 264 g/mol. The molecule has 108 valence electrons. The van der Waals surface area contributed by atoms with Gasteiger partial charge in [0.05, 0.1) is 13.5 Å². The molecule has 0 aliphatic heterocycles. The summed E-state index contributed by atoms with van der Waals surface area (Å²) in [6.45, 7) is 1.80. The second-order valence-electron chi connectivity index (χ2n) is 4.08. The van der Waals surface area contributed by atoms with Crippen LogP contribution in [0.25, 0.3) is 0 Å². The highest BCUT2D eigenvalue weighted by Crippen LogP contribution is 2.12. The number of carboxylic acid groups (broad SMARTS) is 1. The monoisotopic (exact) mass is 280 g/mol. The van der Waals surface area contributed by atoms with Crippen LogP contribution in [0.15, 0.2) is 24.3 Å². The maximum absolute atomic E-state index is 11.7. The Morgan fingerprint density at radius 2 is 1.95 bits per heavy atom. The molecule has 7 nitrogen and oxygen atoms in total. The van der Waals surface area contributed by atoms with Crippen LogP contribution in [0.3, 0.4) is 0 Å². The molecule has 1 aromatic carbocycles. The van der Waals surface area contributed by atoms with Crippen molar-refractivity contribution in [2.24, 2.45) is 0 Å². The van der Waals surface area contributed by atoms with E-state index in [0.717, 1.165) is 12.7 Å². The minimum Gasteiger partial charge on any atom is -0.480 e. The number of hydrogen-bond donors (Lipinski definition) is 3. The minimum atomic E-state index is -1.34. The zero-order chi connectivity index (χ0) is 15.1. The first-order valence-electron chi connectivity index (χ1n) is 5.86. The van der Waals surface area contributed by atoms with E-state index in [9.17, 15) is 14.4 Å². The van der Waals surface area contributed by atoms with Gasteiger partial charge < -0.3 is 20.5 Å². The van der Waals surface area contributed by atoms with E-state index in [1.54, 1.807) is 25.1 Å². The molecule has 0 aromatic heterocycles. The number of urea groups is 1.